The van der Waals surface area contributed by atoms with Crippen LogP contribution in [0.5, 0.6) is 0 Å². The van der Waals surface area contributed by atoms with Crippen molar-refractivity contribution in [2.45, 2.75) is 58.2 Å². The molecule has 1 atom stereocenters. The van der Waals surface area contributed by atoms with Gasteiger partial charge in [-0.1, -0.05) is 44.9 Å². The Kier molecular flexibility index (Phi) is 4.99. The average molecular weight is 290 g/mol. The van der Waals surface area contributed by atoms with E-state index in [4.69, 9.17) is 9.47 Å². The highest BCUT2D eigenvalue weighted by atomic mass is 16.7. The summed E-state index contributed by atoms with van der Waals surface area (Å²) >= 11 is 0. The zero-order chi connectivity index (χ0) is 15.3. The molecule has 4 nitrogen and oxygen atoms in total. The molecule has 114 valence electrons. The Balaban J connectivity index is 2.27. The van der Waals surface area contributed by atoms with Gasteiger partial charge in [0.1, 0.15) is 0 Å². The summed E-state index contributed by atoms with van der Waals surface area (Å²) in [5.74, 6) is -1.95. The third-order valence-corrected chi connectivity index (χ3v) is 3.69. The van der Waals surface area contributed by atoms with Crippen LogP contribution in [0, 0.1) is 0 Å². The van der Waals surface area contributed by atoms with Gasteiger partial charge in [0, 0.05) is 12.8 Å². The minimum atomic E-state index is -1.23. The van der Waals surface area contributed by atoms with Crippen molar-refractivity contribution in [1.29, 1.82) is 0 Å². The van der Waals surface area contributed by atoms with Crippen LogP contribution in [-0.4, -0.2) is 11.9 Å². The molecule has 1 unspecified atom stereocenters. The first kappa shape index (κ1) is 15.5. The average Bonchev–Trinajstić information content (AvgIpc) is 2.76. The fraction of sp³-hybridized carbons (Fsp3) is 0.529. The van der Waals surface area contributed by atoms with E-state index in [1.165, 1.54) is 0 Å². The lowest BCUT2D eigenvalue weighted by atomic mass is 9.97. The first-order valence-corrected chi connectivity index (χ1v) is 7.67. The monoisotopic (exact) mass is 290 g/mol. The van der Waals surface area contributed by atoms with Crippen LogP contribution in [0.3, 0.4) is 0 Å². The van der Waals surface area contributed by atoms with Gasteiger partial charge in [0.15, 0.2) is 0 Å². The number of fused-ring (bicyclic) bond motifs is 1. The van der Waals surface area contributed by atoms with Gasteiger partial charge in [-0.15, -0.1) is 0 Å². The molecule has 0 fully saturated rings. The highest BCUT2D eigenvalue weighted by Gasteiger charge is 2.48. The van der Waals surface area contributed by atoms with E-state index in [1.807, 2.05) is 19.1 Å². The number of carbonyl (C=O) groups is 2. The standard InChI is InChI=1S/C17H22O4/c1-3-5-11-15(18)20-17(12-6-4-2)14-10-8-7-9-13(14)16(19)21-17/h7-10H,3-6,11-12H2,1-2H3. The van der Waals surface area contributed by atoms with Crippen molar-refractivity contribution >= 4 is 11.9 Å². The third kappa shape index (κ3) is 3.26. The molecular formula is C17H22O4. The van der Waals surface area contributed by atoms with Crippen LogP contribution in [0.2, 0.25) is 0 Å². The molecule has 0 saturated heterocycles. The van der Waals surface area contributed by atoms with Crippen molar-refractivity contribution in [2.75, 3.05) is 0 Å². The maximum Gasteiger partial charge on any atom is 0.342 e. The van der Waals surface area contributed by atoms with E-state index >= 15 is 0 Å². The van der Waals surface area contributed by atoms with Gasteiger partial charge >= 0.3 is 11.9 Å². The summed E-state index contributed by atoms with van der Waals surface area (Å²) < 4.78 is 11.1. The maximum atomic E-state index is 12.0. The fourth-order valence-corrected chi connectivity index (χ4v) is 2.53. The molecular weight excluding hydrogens is 268 g/mol. The summed E-state index contributed by atoms with van der Waals surface area (Å²) in [7, 11) is 0. The molecule has 0 amide bonds. The summed E-state index contributed by atoms with van der Waals surface area (Å²) in [6.45, 7) is 4.07. The number of esters is 2. The molecule has 1 aliphatic rings. The number of unbranched alkanes of at least 4 members (excludes halogenated alkanes) is 2. The second-order valence-electron chi connectivity index (χ2n) is 5.37. The van der Waals surface area contributed by atoms with Gasteiger partial charge in [-0.3, -0.25) is 4.79 Å². The smallest absolute Gasteiger partial charge is 0.342 e. The Morgan fingerprint density at radius 2 is 1.90 bits per heavy atom. The minimum Gasteiger partial charge on any atom is -0.418 e. The molecule has 1 heterocycles. The zero-order valence-corrected chi connectivity index (χ0v) is 12.7. The first-order valence-electron chi connectivity index (χ1n) is 7.67. The molecule has 0 saturated carbocycles. The number of cyclic esters (lactones) is 1. The Hall–Kier alpha value is -1.84. The molecule has 4 heteroatoms. The molecule has 1 aliphatic heterocycles. The van der Waals surface area contributed by atoms with Gasteiger partial charge in [-0.05, 0) is 18.9 Å². The van der Waals surface area contributed by atoms with Crippen molar-refractivity contribution in [1.82, 2.24) is 0 Å². The van der Waals surface area contributed by atoms with Crippen LogP contribution >= 0.6 is 0 Å². The number of hydrogen-bond donors (Lipinski definition) is 0. The fourth-order valence-electron chi connectivity index (χ4n) is 2.53. The minimum absolute atomic E-state index is 0.308. The normalized spacial score (nSPS) is 20.0. The van der Waals surface area contributed by atoms with Gasteiger partial charge in [-0.25, -0.2) is 4.79 Å². The lowest BCUT2D eigenvalue weighted by Gasteiger charge is -2.28. The number of ether oxygens (including phenoxy) is 2. The van der Waals surface area contributed by atoms with Gasteiger partial charge in [-0.2, -0.15) is 0 Å². The van der Waals surface area contributed by atoms with Gasteiger partial charge in [0.05, 0.1) is 11.1 Å². The Morgan fingerprint density at radius 3 is 2.62 bits per heavy atom. The quantitative estimate of drug-likeness (QED) is 0.714. The lowest BCUT2D eigenvalue weighted by molar-refractivity contribution is -0.213. The van der Waals surface area contributed by atoms with Crippen molar-refractivity contribution < 1.29 is 19.1 Å². The third-order valence-electron chi connectivity index (χ3n) is 3.69. The summed E-state index contributed by atoms with van der Waals surface area (Å²) in [5, 5.41) is 0. The Morgan fingerprint density at radius 1 is 1.19 bits per heavy atom. The Bertz CT molecular complexity index is 523. The predicted octanol–water partition coefficient (Wildman–Crippen LogP) is 3.93. The van der Waals surface area contributed by atoms with E-state index in [-0.39, 0.29) is 5.97 Å². The summed E-state index contributed by atoms with van der Waals surface area (Å²) in [4.78, 5) is 24.1. The molecule has 21 heavy (non-hydrogen) atoms. The van der Waals surface area contributed by atoms with Crippen molar-refractivity contribution in [3.63, 3.8) is 0 Å². The molecule has 2 rings (SSSR count). The molecule has 0 aromatic heterocycles. The van der Waals surface area contributed by atoms with Crippen molar-refractivity contribution in [3.05, 3.63) is 35.4 Å². The van der Waals surface area contributed by atoms with E-state index in [2.05, 4.69) is 6.92 Å². The number of carbonyl (C=O) groups excluding carboxylic acids is 2. The largest absolute Gasteiger partial charge is 0.418 e. The van der Waals surface area contributed by atoms with E-state index < -0.39 is 11.8 Å². The first-order chi connectivity index (χ1) is 10.1. The highest BCUT2D eigenvalue weighted by molar-refractivity contribution is 5.94. The number of hydrogen-bond acceptors (Lipinski definition) is 4. The van der Waals surface area contributed by atoms with Crippen molar-refractivity contribution in [2.24, 2.45) is 0 Å². The van der Waals surface area contributed by atoms with Crippen LogP contribution in [0.25, 0.3) is 0 Å². The zero-order valence-electron chi connectivity index (χ0n) is 12.7. The van der Waals surface area contributed by atoms with Gasteiger partial charge in [0.25, 0.3) is 5.79 Å². The summed E-state index contributed by atoms with van der Waals surface area (Å²) in [6.07, 6.45) is 4.32. The van der Waals surface area contributed by atoms with Crippen molar-refractivity contribution in [3.8, 4) is 0 Å². The number of benzene rings is 1. The van der Waals surface area contributed by atoms with E-state index in [0.717, 1.165) is 25.7 Å². The highest BCUT2D eigenvalue weighted by Crippen LogP contribution is 2.41. The van der Waals surface area contributed by atoms with Crippen LogP contribution in [0.4, 0.5) is 0 Å². The molecule has 0 spiro atoms. The van der Waals surface area contributed by atoms with Crippen LogP contribution in [-0.2, 0) is 20.1 Å². The van der Waals surface area contributed by atoms with Crippen LogP contribution in [0.1, 0.15) is 68.3 Å². The van der Waals surface area contributed by atoms with Gasteiger partial charge in [0.2, 0.25) is 0 Å². The Labute approximate surface area is 125 Å². The molecule has 0 N–H and O–H groups in total. The predicted molar refractivity (Wildman–Crippen MR) is 78.7 cm³/mol. The van der Waals surface area contributed by atoms with E-state index in [9.17, 15) is 9.59 Å². The maximum absolute atomic E-state index is 12.0. The summed E-state index contributed by atoms with van der Waals surface area (Å²) in [5.41, 5.74) is 1.17. The molecule has 1 aromatic rings. The van der Waals surface area contributed by atoms with Crippen LogP contribution < -0.4 is 0 Å². The number of rotatable bonds is 7. The molecule has 0 aliphatic carbocycles. The second-order valence-corrected chi connectivity index (χ2v) is 5.37. The molecule has 0 radical (unpaired) electrons. The van der Waals surface area contributed by atoms with Crippen LogP contribution in [0.15, 0.2) is 24.3 Å². The lowest BCUT2D eigenvalue weighted by Crippen LogP contribution is -2.32. The topological polar surface area (TPSA) is 52.6 Å². The SMILES string of the molecule is CCCCC(=O)OC1(CCCC)OC(=O)c2ccccc21. The molecule has 0 bridgehead atoms. The second kappa shape index (κ2) is 6.74. The molecule has 1 aromatic carbocycles. The van der Waals surface area contributed by atoms with E-state index in [1.54, 1.807) is 12.1 Å². The summed E-state index contributed by atoms with van der Waals surface area (Å²) in [6, 6.07) is 7.14. The van der Waals surface area contributed by atoms with E-state index in [0.29, 0.717) is 24.0 Å². The van der Waals surface area contributed by atoms with Gasteiger partial charge < -0.3 is 9.47 Å².